The second-order valence-electron chi connectivity index (χ2n) is 29.5. The van der Waals surface area contributed by atoms with E-state index < -0.39 is 147 Å². The molecule has 0 saturated carbocycles. The smallest absolute Gasteiger partial charge is 0.338 e. The third-order valence-electron chi connectivity index (χ3n) is 21.0. The van der Waals surface area contributed by atoms with Gasteiger partial charge in [0, 0.05) is 0 Å². The second-order valence-corrected chi connectivity index (χ2v) is 29.5. The summed E-state index contributed by atoms with van der Waals surface area (Å²) in [6.07, 6.45) is -17.8. The predicted octanol–water partition coefficient (Wildman–Crippen LogP) is 16.4. The van der Waals surface area contributed by atoms with Crippen LogP contribution in [0.2, 0.25) is 0 Å². The van der Waals surface area contributed by atoms with Crippen molar-refractivity contribution in [3.8, 4) is 23.0 Å². The Kier molecular flexibility index (Phi) is 30.6. The van der Waals surface area contributed by atoms with E-state index in [0.717, 1.165) is 11.1 Å². The van der Waals surface area contributed by atoms with E-state index in [-0.39, 0.29) is 70.6 Å². The summed E-state index contributed by atoms with van der Waals surface area (Å²) in [7, 11) is 3.00. The van der Waals surface area contributed by atoms with Crippen molar-refractivity contribution in [3.05, 3.63) is 406 Å². The van der Waals surface area contributed by atoms with Crippen LogP contribution in [-0.4, -0.2) is 150 Å². The fraction of sp³-hybridized carbons (Fsp3) is 0.216. The molecule has 0 spiro atoms. The number of esters is 8. The van der Waals surface area contributed by atoms with Gasteiger partial charge in [-0.15, -0.1) is 0 Å². The SMILES string of the molecule is COc1cc(C[C@H](CO[C@@H]2O[C@H](COC(=O)c3ccccc3)[C@@H](OC(=O)c3ccccc3)[C@H](OC(=O)c3ccccc3)[C@H]2OC(=O)c2ccccc2)[C@@H](CO[C@@H]2O[C@H](COC(=O)c3ccccc3)[C@@H](OC(=O)c3ccccc3)[C@H](OC(=O)c3ccccc3)[C@H]2OC(=O)c2ccccc2)Cc2ccc(OCc3ccccc3)c(OC)c2)ccc1OCc1ccccc1. The summed E-state index contributed by atoms with van der Waals surface area (Å²) in [5.41, 5.74) is 3.58. The number of hydrogen-bond donors (Lipinski definition) is 0. The average Bonchev–Trinajstić information content (AvgIpc) is 0.776. The Morgan fingerprint density at radius 2 is 0.500 bits per heavy atom. The monoisotopic (exact) mass is 1700 g/mol. The van der Waals surface area contributed by atoms with Crippen molar-refractivity contribution in [2.24, 2.45) is 11.8 Å². The van der Waals surface area contributed by atoms with Gasteiger partial charge in [0.1, 0.15) is 38.6 Å². The maximum absolute atomic E-state index is 15.1. The highest BCUT2D eigenvalue weighted by molar-refractivity contribution is 5.94. The number of methoxy groups -OCH3 is 2. The van der Waals surface area contributed by atoms with Crippen molar-refractivity contribution in [2.45, 2.75) is 87.5 Å². The molecular formula is C102H90O24. The Bertz CT molecular complexity index is 5210. The molecule has 0 bridgehead atoms. The van der Waals surface area contributed by atoms with E-state index in [1.54, 1.807) is 170 Å². The number of rotatable bonds is 37. The van der Waals surface area contributed by atoms with Crippen LogP contribution in [0.5, 0.6) is 23.0 Å². The number of carbonyl (C=O) groups excluding carboxylic acids is 8. The maximum atomic E-state index is 15.1. The van der Waals surface area contributed by atoms with Crippen molar-refractivity contribution < 1.29 is 114 Å². The van der Waals surface area contributed by atoms with E-state index in [0.29, 0.717) is 34.1 Å². The molecule has 126 heavy (non-hydrogen) atoms. The first-order valence-electron chi connectivity index (χ1n) is 40.9. The van der Waals surface area contributed by atoms with Crippen LogP contribution in [0, 0.1) is 11.8 Å². The van der Waals surface area contributed by atoms with E-state index >= 15 is 19.2 Å². The molecule has 2 fully saturated rings. The fourth-order valence-electron chi connectivity index (χ4n) is 14.5. The van der Waals surface area contributed by atoms with E-state index in [2.05, 4.69) is 0 Å². The van der Waals surface area contributed by atoms with Gasteiger partial charge in [-0.1, -0.05) is 218 Å². The van der Waals surface area contributed by atoms with Crippen LogP contribution < -0.4 is 18.9 Å². The predicted molar refractivity (Wildman–Crippen MR) is 458 cm³/mol. The van der Waals surface area contributed by atoms with Gasteiger partial charge in [-0.25, -0.2) is 38.4 Å². The van der Waals surface area contributed by atoms with Crippen molar-refractivity contribution in [1.82, 2.24) is 0 Å². The molecule has 24 nitrogen and oxygen atoms in total. The lowest BCUT2D eigenvalue weighted by Crippen LogP contribution is -2.63. The molecule has 2 saturated heterocycles. The molecule has 642 valence electrons. The molecule has 0 N–H and O–H groups in total. The Labute approximate surface area is 727 Å². The van der Waals surface area contributed by atoms with Gasteiger partial charge in [-0.3, -0.25) is 0 Å². The largest absolute Gasteiger partial charge is 0.493 e. The summed E-state index contributed by atoms with van der Waals surface area (Å²) in [4.78, 5) is 118. The van der Waals surface area contributed by atoms with Gasteiger partial charge < -0.3 is 75.8 Å². The number of benzene rings is 12. The van der Waals surface area contributed by atoms with Crippen LogP contribution in [-0.2, 0) is 82.9 Å². The quantitative estimate of drug-likeness (QED) is 0.0258. The molecule has 12 aromatic rings. The topological polar surface area (TPSA) is 284 Å². The Morgan fingerprint density at radius 3 is 0.762 bits per heavy atom. The van der Waals surface area contributed by atoms with Gasteiger partial charge in [0.2, 0.25) is 0 Å². The van der Waals surface area contributed by atoms with Gasteiger partial charge >= 0.3 is 47.8 Å². The highest BCUT2D eigenvalue weighted by atomic mass is 16.8. The van der Waals surface area contributed by atoms with Crippen LogP contribution in [0.3, 0.4) is 0 Å². The molecule has 0 aromatic heterocycles. The first-order chi connectivity index (χ1) is 61.7. The summed E-state index contributed by atoms with van der Waals surface area (Å²) in [5.74, 6) is -7.74. The van der Waals surface area contributed by atoms with Gasteiger partial charge in [0.25, 0.3) is 0 Å². The Hall–Kier alpha value is -14.6. The minimum Gasteiger partial charge on any atom is -0.493 e. The number of ether oxygens (including phenoxy) is 16. The summed E-state index contributed by atoms with van der Waals surface area (Å²) in [5, 5.41) is 0. The van der Waals surface area contributed by atoms with Crippen LogP contribution >= 0.6 is 0 Å². The standard InChI is InChI=1S/C102H90O24/c1-111-83-59-69(53-55-81(83)113-61-67-33-13-3-14-34-67)57-79(63-117-101-91(125-99(109)77-49-29-11-30-50-77)89(123-97(107)75-45-25-9-26-46-75)87(121-95(105)73-41-21-7-22-42-73)85(119-101)65-115-93(103)71-37-17-5-18-38-71)80(58-70-54-56-82(84(60-70)112-2)114-62-68-35-15-4-16-36-68)64-118-102-92(126-100(110)78-51-31-12-32-52-78)90(124-98(108)76-47-27-10-28-48-76)88(122-96(106)74-43-23-8-24-44-74)86(120-102)66-116-94(104)72-39-19-6-20-40-72/h3-56,59-60,79-80,85-92,101-102H,57-58,61-66H2,1-2H3/t79-,80-,85-,86-,87-,88-,89+,90+,91-,92-,101-,102-/m1/s1. The summed E-state index contributed by atoms with van der Waals surface area (Å²) in [6, 6.07) is 93.7. The highest BCUT2D eigenvalue weighted by Crippen LogP contribution is 2.39. The van der Waals surface area contributed by atoms with E-state index in [1.807, 2.05) is 72.8 Å². The first kappa shape index (κ1) is 87.8. The van der Waals surface area contributed by atoms with Crippen molar-refractivity contribution >= 4 is 47.8 Å². The minimum absolute atomic E-state index is 0.0205. The van der Waals surface area contributed by atoms with Crippen molar-refractivity contribution in [2.75, 3.05) is 40.6 Å². The molecule has 0 aliphatic carbocycles. The Morgan fingerprint density at radius 1 is 0.262 bits per heavy atom. The third-order valence-corrected chi connectivity index (χ3v) is 21.0. The third kappa shape index (κ3) is 23.6. The Balaban J connectivity index is 0.921. The number of hydrogen-bond acceptors (Lipinski definition) is 24. The maximum Gasteiger partial charge on any atom is 0.338 e. The first-order valence-corrected chi connectivity index (χ1v) is 40.9. The van der Waals surface area contributed by atoms with E-state index in [1.165, 1.54) is 111 Å². The average molecular weight is 1700 g/mol. The van der Waals surface area contributed by atoms with Gasteiger partial charge in [0.05, 0.1) is 71.9 Å². The molecule has 0 radical (unpaired) electrons. The molecule has 24 heteroatoms. The lowest BCUT2D eigenvalue weighted by atomic mass is 9.83. The summed E-state index contributed by atoms with van der Waals surface area (Å²) >= 11 is 0. The lowest BCUT2D eigenvalue weighted by molar-refractivity contribution is -0.306. The molecule has 0 amide bonds. The van der Waals surface area contributed by atoms with Gasteiger partial charge in [-0.2, -0.15) is 0 Å². The molecule has 2 heterocycles. The minimum atomic E-state index is -1.87. The zero-order valence-electron chi connectivity index (χ0n) is 68.7. The van der Waals surface area contributed by atoms with E-state index in [9.17, 15) is 19.2 Å². The van der Waals surface area contributed by atoms with Crippen LogP contribution in [0.25, 0.3) is 0 Å². The second kappa shape index (κ2) is 44.0. The lowest BCUT2D eigenvalue weighted by Gasteiger charge is -2.45. The normalized spacial score (nSPS) is 18.7. The van der Waals surface area contributed by atoms with Gasteiger partial charge in [0.15, 0.2) is 72.2 Å². The molecule has 14 rings (SSSR count). The van der Waals surface area contributed by atoms with Crippen LogP contribution in [0.4, 0.5) is 0 Å². The molecule has 0 unspecified atom stereocenters. The van der Waals surface area contributed by atoms with Gasteiger partial charge in [-0.05, 0) is 168 Å². The van der Waals surface area contributed by atoms with E-state index in [4.69, 9.17) is 75.8 Å². The molecule has 2 aliphatic heterocycles. The molecule has 2 aliphatic rings. The van der Waals surface area contributed by atoms with Crippen molar-refractivity contribution in [1.29, 1.82) is 0 Å². The van der Waals surface area contributed by atoms with Crippen molar-refractivity contribution in [3.63, 3.8) is 0 Å². The van der Waals surface area contributed by atoms with Crippen LogP contribution in [0.15, 0.2) is 340 Å². The number of carbonyl (C=O) groups is 8. The summed E-state index contributed by atoms with van der Waals surface area (Å²) in [6.45, 7) is -1.93. The zero-order chi connectivity index (χ0) is 87.4. The highest BCUT2D eigenvalue weighted by Gasteiger charge is 2.56. The fourth-order valence-corrected chi connectivity index (χ4v) is 14.5. The molecule has 12 aromatic carbocycles. The zero-order valence-corrected chi connectivity index (χ0v) is 68.7. The molecular weight excluding hydrogens is 1610 g/mol. The summed E-state index contributed by atoms with van der Waals surface area (Å²) < 4.78 is 105. The van der Waals surface area contributed by atoms with Crippen LogP contribution in [0.1, 0.15) is 105 Å². The molecule has 12 atom stereocenters.